The summed E-state index contributed by atoms with van der Waals surface area (Å²) in [6.45, 7) is 6.50. The molecular weight excluding hydrogens is 352 g/mol. The number of rotatable bonds is 9. The van der Waals surface area contributed by atoms with Crippen molar-refractivity contribution in [3.8, 4) is 0 Å². The summed E-state index contributed by atoms with van der Waals surface area (Å²) in [4.78, 5) is 22.6. The second-order valence-electron chi connectivity index (χ2n) is 4.79. The quantitative estimate of drug-likeness (QED) is 0.281. The molecule has 0 aromatic heterocycles. The van der Waals surface area contributed by atoms with E-state index in [0.717, 1.165) is 19.1 Å². The fraction of sp³-hybridized carbons (Fsp3) is 0.455. The van der Waals surface area contributed by atoms with Crippen molar-refractivity contribution in [3.63, 3.8) is 0 Å². The van der Waals surface area contributed by atoms with Crippen molar-refractivity contribution < 1.29 is 35.5 Å². The maximum Gasteiger partial charge on any atom is 0.271 e. The lowest BCUT2D eigenvalue weighted by molar-refractivity contribution is -0.117. The van der Waals surface area contributed by atoms with Gasteiger partial charge < -0.3 is 10.6 Å². The Kier molecular flexibility index (Phi) is 7.09. The molecule has 0 radical (unpaired) electrons. The van der Waals surface area contributed by atoms with Crippen LogP contribution in [-0.2, 0) is 29.8 Å². The first-order chi connectivity index (χ1) is 10.2. The lowest BCUT2D eigenvalue weighted by atomic mass is 9.99. The highest BCUT2D eigenvalue weighted by Crippen LogP contribution is 2.19. The Bertz CT molecular complexity index is 698. The fourth-order valence-corrected chi connectivity index (χ4v) is 4.08. The summed E-state index contributed by atoms with van der Waals surface area (Å²) in [6, 6.07) is 0. The van der Waals surface area contributed by atoms with E-state index in [1.165, 1.54) is 0 Å². The van der Waals surface area contributed by atoms with Gasteiger partial charge in [-0.05, 0) is 19.1 Å². The van der Waals surface area contributed by atoms with Crippen molar-refractivity contribution in [1.82, 2.24) is 10.6 Å². The van der Waals surface area contributed by atoms with Crippen molar-refractivity contribution in [2.24, 2.45) is 0 Å². The predicted octanol–water partition coefficient (Wildman–Crippen LogP) is -1.51. The van der Waals surface area contributed by atoms with Gasteiger partial charge in [0.2, 0.25) is 11.8 Å². The number of hydrogen-bond donors (Lipinski definition) is 4. The molecule has 2 unspecified atom stereocenters. The Morgan fingerprint density at radius 2 is 1.61 bits per heavy atom. The lowest BCUT2D eigenvalue weighted by Gasteiger charge is -2.35. The molecule has 2 amide bonds. The van der Waals surface area contributed by atoms with E-state index in [2.05, 4.69) is 18.5 Å². The minimum atomic E-state index is -4.93. The van der Waals surface area contributed by atoms with E-state index < -0.39 is 55.1 Å². The number of carbonyl (C=O) groups is 2. The third-order valence-corrected chi connectivity index (χ3v) is 5.16. The predicted molar refractivity (Wildman–Crippen MR) is 81.7 cm³/mol. The Morgan fingerprint density at radius 1 is 1.13 bits per heavy atom. The molecule has 0 aliphatic carbocycles. The molecule has 0 heterocycles. The Balaban J connectivity index is 5.89. The van der Waals surface area contributed by atoms with Crippen molar-refractivity contribution in [3.05, 3.63) is 25.3 Å². The van der Waals surface area contributed by atoms with Gasteiger partial charge in [-0.2, -0.15) is 16.8 Å². The molecule has 23 heavy (non-hydrogen) atoms. The van der Waals surface area contributed by atoms with Crippen molar-refractivity contribution in [2.75, 3.05) is 12.3 Å². The average molecular weight is 370 g/mol. The highest BCUT2D eigenvalue weighted by molar-refractivity contribution is 7.87. The van der Waals surface area contributed by atoms with Crippen molar-refractivity contribution >= 4 is 32.1 Å². The van der Waals surface area contributed by atoms with E-state index in [9.17, 15) is 31.0 Å². The molecule has 0 saturated carbocycles. The SMILES string of the molecule is C=CC(=O)NCC(C(C)(CS(=O)(=O)O)NC(=O)C=C)S(=O)(=O)O. The van der Waals surface area contributed by atoms with Crippen LogP contribution >= 0.6 is 0 Å². The molecule has 0 aromatic rings. The van der Waals surface area contributed by atoms with Gasteiger partial charge in [-0.3, -0.25) is 18.7 Å². The lowest BCUT2D eigenvalue weighted by Crippen LogP contribution is -2.63. The van der Waals surface area contributed by atoms with Crippen molar-refractivity contribution in [1.29, 1.82) is 0 Å². The normalized spacial score (nSPS) is 15.8. The standard InChI is InChI=1S/C11H18N2O8S2/c1-4-9(14)12-6-8(23(19,20)21)11(3,7-22(16,17)18)13-10(15)5-2/h4-5,8H,1-2,6-7H2,3H3,(H,12,14)(H,13,15)(H,16,17,18)(H,19,20,21). The van der Waals surface area contributed by atoms with Gasteiger partial charge in [0.25, 0.3) is 20.2 Å². The molecule has 10 nitrogen and oxygen atoms in total. The van der Waals surface area contributed by atoms with E-state index in [1.54, 1.807) is 0 Å². The molecule has 0 aromatic carbocycles. The van der Waals surface area contributed by atoms with E-state index in [4.69, 9.17) is 4.55 Å². The summed E-state index contributed by atoms with van der Waals surface area (Å²) >= 11 is 0. The Hall–Kier alpha value is -1.76. The molecule has 12 heteroatoms. The smallest absolute Gasteiger partial charge is 0.271 e. The molecule has 132 valence electrons. The van der Waals surface area contributed by atoms with Gasteiger partial charge in [-0.25, -0.2) is 0 Å². The molecule has 0 bridgehead atoms. The maximum absolute atomic E-state index is 11.6. The van der Waals surface area contributed by atoms with Crippen LogP contribution in [0.5, 0.6) is 0 Å². The molecule has 0 saturated heterocycles. The maximum atomic E-state index is 11.6. The molecule has 4 N–H and O–H groups in total. The van der Waals surface area contributed by atoms with Crippen LogP contribution < -0.4 is 10.6 Å². The van der Waals surface area contributed by atoms with Crippen LogP contribution in [0.25, 0.3) is 0 Å². The molecule has 0 fully saturated rings. The van der Waals surface area contributed by atoms with Crippen LogP contribution in [0.3, 0.4) is 0 Å². The van der Waals surface area contributed by atoms with E-state index in [0.29, 0.717) is 0 Å². The van der Waals surface area contributed by atoms with Crippen LogP contribution in [0, 0.1) is 0 Å². The fourth-order valence-electron chi connectivity index (χ4n) is 1.85. The molecular formula is C11H18N2O8S2. The minimum absolute atomic E-state index is 0.742. The third kappa shape index (κ3) is 7.36. The molecule has 0 aliphatic heterocycles. The summed E-state index contributed by atoms with van der Waals surface area (Å²) in [6.07, 6.45) is 1.56. The van der Waals surface area contributed by atoms with E-state index >= 15 is 0 Å². The zero-order valence-corrected chi connectivity index (χ0v) is 13.9. The van der Waals surface area contributed by atoms with Crippen molar-refractivity contribution in [2.45, 2.75) is 17.7 Å². The second-order valence-corrected chi connectivity index (χ2v) is 7.84. The van der Waals surface area contributed by atoms with Gasteiger partial charge in [0.1, 0.15) is 5.25 Å². The van der Waals surface area contributed by atoms with E-state index in [1.807, 2.05) is 5.32 Å². The second kappa shape index (κ2) is 7.68. The van der Waals surface area contributed by atoms with Gasteiger partial charge >= 0.3 is 0 Å². The summed E-state index contributed by atoms with van der Waals surface area (Å²) in [5.74, 6) is -2.96. The minimum Gasteiger partial charge on any atom is -0.351 e. The first-order valence-electron chi connectivity index (χ1n) is 6.01. The summed E-state index contributed by atoms with van der Waals surface area (Å²) < 4.78 is 63.7. The van der Waals surface area contributed by atoms with Gasteiger partial charge in [0.15, 0.2) is 0 Å². The topological polar surface area (TPSA) is 167 Å². The van der Waals surface area contributed by atoms with Crippen LogP contribution in [-0.4, -0.2) is 60.8 Å². The van der Waals surface area contributed by atoms with Gasteiger partial charge in [-0.15, -0.1) is 0 Å². The summed E-state index contributed by atoms with van der Waals surface area (Å²) in [5, 5.41) is 2.14. The molecule has 0 spiro atoms. The van der Waals surface area contributed by atoms with E-state index in [-0.39, 0.29) is 0 Å². The van der Waals surface area contributed by atoms with Crippen LogP contribution in [0.2, 0.25) is 0 Å². The molecule has 0 aliphatic rings. The number of amides is 2. The van der Waals surface area contributed by atoms with Gasteiger partial charge in [0.05, 0.1) is 11.3 Å². The number of hydrogen-bond acceptors (Lipinski definition) is 6. The summed E-state index contributed by atoms with van der Waals surface area (Å²) in [5.41, 5.74) is -2.15. The highest BCUT2D eigenvalue weighted by atomic mass is 32.2. The zero-order valence-electron chi connectivity index (χ0n) is 12.2. The van der Waals surface area contributed by atoms with Crippen LogP contribution in [0.4, 0.5) is 0 Å². The Labute approximate surface area is 134 Å². The first-order valence-corrected chi connectivity index (χ1v) is 9.12. The van der Waals surface area contributed by atoms with Crippen LogP contribution in [0.1, 0.15) is 6.92 Å². The highest BCUT2D eigenvalue weighted by Gasteiger charge is 2.46. The third-order valence-electron chi connectivity index (χ3n) is 2.79. The molecule has 2 atom stereocenters. The van der Waals surface area contributed by atoms with Gasteiger partial charge in [-0.1, -0.05) is 13.2 Å². The summed E-state index contributed by atoms with van der Waals surface area (Å²) in [7, 11) is -9.67. The Morgan fingerprint density at radius 3 is 1.96 bits per heavy atom. The molecule has 0 rings (SSSR count). The van der Waals surface area contributed by atoms with Gasteiger partial charge in [0, 0.05) is 6.54 Å². The average Bonchev–Trinajstić information content (AvgIpc) is 2.34. The number of carbonyl (C=O) groups excluding carboxylic acids is 2. The monoisotopic (exact) mass is 370 g/mol. The number of nitrogens with one attached hydrogen (secondary N) is 2. The van der Waals surface area contributed by atoms with Crippen LogP contribution in [0.15, 0.2) is 25.3 Å². The largest absolute Gasteiger partial charge is 0.351 e. The first kappa shape index (κ1) is 21.2. The zero-order chi connectivity index (χ0) is 18.5.